The minimum Gasteiger partial charge on any atom is -0.467 e. The van der Waals surface area contributed by atoms with Crippen LogP contribution in [0.4, 0.5) is 0 Å². The second-order valence-electron chi connectivity index (χ2n) is 5.82. The molecule has 2 amide bonds. The number of rotatable bonds is 7. The summed E-state index contributed by atoms with van der Waals surface area (Å²) in [4.78, 5) is 25.8. The summed E-state index contributed by atoms with van der Waals surface area (Å²) in [6.45, 7) is 4.18. The Labute approximate surface area is 124 Å². The predicted octanol–water partition coefficient (Wildman–Crippen LogP) is 0.870. The zero-order chi connectivity index (χ0) is 15.4. The van der Waals surface area contributed by atoms with Gasteiger partial charge in [-0.1, -0.05) is 13.8 Å². The van der Waals surface area contributed by atoms with Crippen molar-refractivity contribution in [2.45, 2.75) is 45.3 Å². The quantitative estimate of drug-likeness (QED) is 0.780. The molecule has 0 aromatic carbocycles. The molecule has 1 aromatic heterocycles. The van der Waals surface area contributed by atoms with Crippen LogP contribution in [0.2, 0.25) is 0 Å². The van der Waals surface area contributed by atoms with Crippen LogP contribution in [0.3, 0.4) is 0 Å². The van der Waals surface area contributed by atoms with Crippen molar-refractivity contribution < 1.29 is 14.0 Å². The summed E-state index contributed by atoms with van der Waals surface area (Å²) in [5.74, 6) is 0.411. The zero-order valence-electron chi connectivity index (χ0n) is 12.5. The Morgan fingerprint density at radius 1 is 1.48 bits per heavy atom. The number of carbonyl (C=O) groups is 2. The second kappa shape index (κ2) is 6.76. The van der Waals surface area contributed by atoms with Crippen molar-refractivity contribution in [1.29, 1.82) is 0 Å². The van der Waals surface area contributed by atoms with E-state index in [0.29, 0.717) is 6.54 Å². The molecule has 1 heterocycles. The minimum absolute atomic E-state index is 0.0174. The van der Waals surface area contributed by atoms with Crippen molar-refractivity contribution in [3.05, 3.63) is 24.2 Å². The summed E-state index contributed by atoms with van der Waals surface area (Å²) < 4.78 is 5.29. The van der Waals surface area contributed by atoms with E-state index in [1.54, 1.807) is 17.2 Å². The Balaban J connectivity index is 1.86. The highest BCUT2D eigenvalue weighted by atomic mass is 16.3. The van der Waals surface area contributed by atoms with E-state index in [1.165, 1.54) is 0 Å². The van der Waals surface area contributed by atoms with Gasteiger partial charge in [-0.25, -0.2) is 0 Å². The van der Waals surface area contributed by atoms with Crippen molar-refractivity contribution in [1.82, 2.24) is 10.2 Å². The van der Waals surface area contributed by atoms with Crippen LogP contribution >= 0.6 is 0 Å². The molecule has 1 aromatic rings. The van der Waals surface area contributed by atoms with Crippen molar-refractivity contribution >= 4 is 11.8 Å². The molecule has 116 valence electrons. The monoisotopic (exact) mass is 293 g/mol. The number of hydrogen-bond acceptors (Lipinski definition) is 4. The molecule has 0 saturated heterocycles. The average molecular weight is 293 g/mol. The third kappa shape index (κ3) is 4.32. The van der Waals surface area contributed by atoms with Gasteiger partial charge in [-0.2, -0.15) is 0 Å². The molecular weight excluding hydrogens is 270 g/mol. The van der Waals surface area contributed by atoms with Gasteiger partial charge in [-0.15, -0.1) is 0 Å². The summed E-state index contributed by atoms with van der Waals surface area (Å²) in [7, 11) is 0. The molecule has 21 heavy (non-hydrogen) atoms. The van der Waals surface area contributed by atoms with E-state index in [9.17, 15) is 9.59 Å². The Morgan fingerprint density at radius 2 is 2.19 bits per heavy atom. The maximum atomic E-state index is 12.3. The van der Waals surface area contributed by atoms with Crippen LogP contribution in [0.15, 0.2) is 22.8 Å². The van der Waals surface area contributed by atoms with Crippen LogP contribution in [-0.4, -0.2) is 35.3 Å². The number of nitrogens with two attached hydrogens (primary N) is 1. The van der Waals surface area contributed by atoms with E-state index < -0.39 is 6.04 Å². The summed E-state index contributed by atoms with van der Waals surface area (Å²) in [6, 6.07) is 3.32. The molecule has 1 aliphatic carbocycles. The highest BCUT2D eigenvalue weighted by Gasteiger charge is 2.33. The molecule has 6 nitrogen and oxygen atoms in total. The number of hydrogen-bond donors (Lipinski definition) is 2. The van der Waals surface area contributed by atoms with Crippen LogP contribution < -0.4 is 11.1 Å². The van der Waals surface area contributed by atoms with Gasteiger partial charge in [0.1, 0.15) is 5.76 Å². The summed E-state index contributed by atoms with van der Waals surface area (Å²) >= 11 is 0. The van der Waals surface area contributed by atoms with Gasteiger partial charge in [0.2, 0.25) is 11.8 Å². The van der Waals surface area contributed by atoms with E-state index in [2.05, 4.69) is 5.32 Å². The summed E-state index contributed by atoms with van der Waals surface area (Å²) in [6.07, 6.45) is 3.60. The summed E-state index contributed by atoms with van der Waals surface area (Å²) in [5.41, 5.74) is 5.75. The molecule has 0 spiro atoms. The first-order chi connectivity index (χ1) is 9.99. The molecule has 6 heteroatoms. The van der Waals surface area contributed by atoms with Gasteiger partial charge in [0.05, 0.1) is 25.4 Å². The fourth-order valence-corrected chi connectivity index (χ4v) is 2.06. The Bertz CT molecular complexity index is 480. The van der Waals surface area contributed by atoms with E-state index in [-0.39, 0.29) is 30.3 Å². The van der Waals surface area contributed by atoms with Crippen molar-refractivity contribution in [3.63, 3.8) is 0 Å². The number of nitrogens with one attached hydrogen (secondary N) is 1. The van der Waals surface area contributed by atoms with Crippen LogP contribution in [-0.2, 0) is 16.1 Å². The topological polar surface area (TPSA) is 88.6 Å². The number of amides is 2. The Hall–Kier alpha value is -1.82. The van der Waals surface area contributed by atoms with Gasteiger partial charge >= 0.3 is 0 Å². The largest absolute Gasteiger partial charge is 0.467 e. The average Bonchev–Trinajstić information content (AvgIpc) is 3.17. The fourth-order valence-electron chi connectivity index (χ4n) is 2.06. The third-order valence-corrected chi connectivity index (χ3v) is 3.65. The van der Waals surface area contributed by atoms with Crippen molar-refractivity contribution in [2.24, 2.45) is 11.7 Å². The van der Waals surface area contributed by atoms with Gasteiger partial charge in [-0.3, -0.25) is 9.59 Å². The van der Waals surface area contributed by atoms with Gasteiger partial charge in [0.25, 0.3) is 0 Å². The van der Waals surface area contributed by atoms with Crippen LogP contribution in [0.5, 0.6) is 0 Å². The lowest BCUT2D eigenvalue weighted by molar-refractivity contribution is -0.134. The molecule has 0 radical (unpaired) electrons. The molecule has 3 N–H and O–H groups in total. The van der Waals surface area contributed by atoms with Gasteiger partial charge in [-0.05, 0) is 30.9 Å². The lowest BCUT2D eigenvalue weighted by atomic mass is 10.1. The van der Waals surface area contributed by atoms with Gasteiger partial charge in [0.15, 0.2) is 0 Å². The predicted molar refractivity (Wildman–Crippen MR) is 78.1 cm³/mol. The van der Waals surface area contributed by atoms with Crippen LogP contribution in [0.25, 0.3) is 0 Å². The molecule has 0 aliphatic heterocycles. The normalized spacial score (nSPS) is 15.8. The maximum absolute atomic E-state index is 12.3. The minimum atomic E-state index is -0.586. The van der Waals surface area contributed by atoms with E-state index in [0.717, 1.165) is 18.6 Å². The molecular formula is C15H23N3O3. The number of carbonyl (C=O) groups excluding carboxylic acids is 2. The maximum Gasteiger partial charge on any atom is 0.242 e. The van der Waals surface area contributed by atoms with E-state index in [4.69, 9.17) is 10.2 Å². The molecule has 0 unspecified atom stereocenters. The van der Waals surface area contributed by atoms with Crippen molar-refractivity contribution in [3.8, 4) is 0 Å². The lowest BCUT2D eigenvalue weighted by Crippen LogP contribution is -2.48. The number of furan rings is 1. The standard InChI is InChI=1S/C15H23N3O3/c1-10(2)14(16)15(20)17-8-13(19)18(11-5-6-11)9-12-4-3-7-21-12/h3-4,7,10-11,14H,5-6,8-9,16H2,1-2H3,(H,17,20)/t14-/m0/s1. The molecule has 1 atom stereocenters. The lowest BCUT2D eigenvalue weighted by Gasteiger charge is -2.22. The highest BCUT2D eigenvalue weighted by Crippen LogP contribution is 2.28. The Kier molecular flexibility index (Phi) is 5.01. The molecule has 1 fully saturated rings. The first kappa shape index (κ1) is 15.6. The molecule has 0 bridgehead atoms. The highest BCUT2D eigenvalue weighted by molar-refractivity contribution is 5.87. The smallest absolute Gasteiger partial charge is 0.242 e. The summed E-state index contributed by atoms with van der Waals surface area (Å²) in [5, 5.41) is 2.62. The van der Waals surface area contributed by atoms with Crippen molar-refractivity contribution in [2.75, 3.05) is 6.54 Å². The molecule has 1 aliphatic rings. The zero-order valence-corrected chi connectivity index (χ0v) is 12.5. The SMILES string of the molecule is CC(C)[C@H](N)C(=O)NCC(=O)N(Cc1ccco1)C1CC1. The van der Waals surface area contributed by atoms with Crippen LogP contribution in [0, 0.1) is 5.92 Å². The number of nitrogens with zero attached hydrogens (tertiary/aromatic N) is 1. The first-order valence-corrected chi connectivity index (χ1v) is 7.34. The Morgan fingerprint density at radius 3 is 2.71 bits per heavy atom. The fraction of sp³-hybridized carbons (Fsp3) is 0.600. The second-order valence-corrected chi connectivity index (χ2v) is 5.82. The third-order valence-electron chi connectivity index (χ3n) is 3.65. The first-order valence-electron chi connectivity index (χ1n) is 7.34. The molecule has 1 saturated carbocycles. The molecule has 2 rings (SSSR count). The van der Waals surface area contributed by atoms with Gasteiger partial charge < -0.3 is 20.4 Å². The van der Waals surface area contributed by atoms with E-state index in [1.807, 2.05) is 19.9 Å². The van der Waals surface area contributed by atoms with Crippen LogP contribution in [0.1, 0.15) is 32.4 Å². The van der Waals surface area contributed by atoms with Gasteiger partial charge in [0, 0.05) is 6.04 Å². The van der Waals surface area contributed by atoms with E-state index >= 15 is 0 Å².